The third kappa shape index (κ3) is 9.06. The number of aliphatic carboxylic acids is 1. The van der Waals surface area contributed by atoms with Gasteiger partial charge in [0.15, 0.2) is 0 Å². The molecule has 0 saturated heterocycles. The number of H-pyrrole nitrogens is 2. The topological polar surface area (TPSA) is 142 Å². The number of fused-ring (bicyclic) bond motifs is 10. The molecule has 0 atom stereocenters. The molecule has 4 aromatic heterocycles. The van der Waals surface area contributed by atoms with E-state index in [0.717, 1.165) is 110 Å². The molecule has 7 aromatic rings. The number of imidazole rings is 1. The van der Waals surface area contributed by atoms with E-state index in [4.69, 9.17) is 15.0 Å². The molecule has 2 aliphatic rings. The average molecular weight is 930 g/mol. The summed E-state index contributed by atoms with van der Waals surface area (Å²) in [5.41, 5.74) is 19.7. The molecule has 1 amide bonds. The van der Waals surface area contributed by atoms with Gasteiger partial charge in [-0.1, -0.05) is 105 Å². The van der Waals surface area contributed by atoms with Crippen molar-refractivity contribution in [3.63, 3.8) is 0 Å². The van der Waals surface area contributed by atoms with E-state index in [9.17, 15) is 14.7 Å². The molecule has 4 N–H and O–H groups in total. The Hall–Kier alpha value is -7.59. The number of allylic oxidation sites excluding steroid dienone is 4. The standard InChI is InChI=1S/C60H63N7O3/c1-7-46-40(5)56-57-41(6)47(8-2)53(66-57)32-30-51-39(4)49(28-34-55(69)70)59(64-51)58-48(38(3)50(63-58)29-31-52(46)65-56)27-33-54(68)61-35-19-18-26-45-36-67(37-62-45)60(42-20-12-9-13-21-42,43-22-14-10-15-23-43)44-24-16-11-17-25-44/h9-17,20-25,29-32,36-37,65-66H,7-8,18-19,26-28,33-35H2,1-6H3,(H,61,68)(H,69,70). The maximum Gasteiger partial charge on any atom is 0.303 e. The van der Waals surface area contributed by atoms with Gasteiger partial charge in [-0.2, -0.15) is 0 Å². The summed E-state index contributed by atoms with van der Waals surface area (Å²) in [5.74, 6) is -0.894. The van der Waals surface area contributed by atoms with E-state index in [1.807, 2.05) is 19.3 Å². The molecule has 70 heavy (non-hydrogen) atoms. The van der Waals surface area contributed by atoms with Crippen LogP contribution in [0.3, 0.4) is 0 Å². The van der Waals surface area contributed by atoms with E-state index in [1.165, 1.54) is 22.3 Å². The van der Waals surface area contributed by atoms with Crippen molar-refractivity contribution in [3.8, 4) is 0 Å². The zero-order valence-electron chi connectivity index (χ0n) is 41.2. The number of benzene rings is 3. The van der Waals surface area contributed by atoms with Gasteiger partial charge in [0.1, 0.15) is 5.54 Å². The van der Waals surface area contributed by atoms with Gasteiger partial charge in [-0.25, -0.2) is 15.0 Å². The van der Waals surface area contributed by atoms with Gasteiger partial charge < -0.3 is 25.0 Å². The summed E-state index contributed by atoms with van der Waals surface area (Å²) in [7, 11) is 0. The first-order chi connectivity index (χ1) is 34.0. The Morgan fingerprint density at radius 3 is 1.54 bits per heavy atom. The van der Waals surface area contributed by atoms with Crippen LogP contribution < -0.4 is 5.32 Å². The summed E-state index contributed by atoms with van der Waals surface area (Å²) >= 11 is 0. The Bertz CT molecular complexity index is 3210. The summed E-state index contributed by atoms with van der Waals surface area (Å²) in [4.78, 5) is 48.5. The van der Waals surface area contributed by atoms with Gasteiger partial charge in [-0.05, 0) is 158 Å². The van der Waals surface area contributed by atoms with E-state index < -0.39 is 11.5 Å². The van der Waals surface area contributed by atoms with Gasteiger partial charge >= 0.3 is 5.97 Å². The highest BCUT2D eigenvalue weighted by atomic mass is 16.4. The molecule has 3 aromatic carbocycles. The van der Waals surface area contributed by atoms with Crippen LogP contribution in [0.15, 0.2) is 128 Å². The first-order valence-electron chi connectivity index (χ1n) is 24.8. The van der Waals surface area contributed by atoms with Crippen LogP contribution >= 0.6 is 0 Å². The minimum atomic E-state index is -0.866. The molecule has 0 saturated carbocycles. The fraction of sp³-hybridized carbons (Fsp3) is 0.283. The molecule has 6 heterocycles. The minimum Gasteiger partial charge on any atom is -0.481 e. The lowest BCUT2D eigenvalue weighted by molar-refractivity contribution is -0.136. The van der Waals surface area contributed by atoms with Crippen molar-refractivity contribution < 1.29 is 14.7 Å². The molecule has 9 rings (SSSR count). The molecule has 10 heteroatoms. The predicted octanol–water partition coefficient (Wildman–Crippen LogP) is 12.7. The number of rotatable bonds is 17. The Balaban J connectivity index is 0.954. The number of aromatic nitrogens is 6. The number of carboxylic acid groups (broad SMARTS) is 1. The molecule has 2 aliphatic heterocycles. The lowest BCUT2D eigenvalue weighted by Gasteiger charge is -2.37. The third-order valence-corrected chi connectivity index (χ3v) is 14.5. The summed E-state index contributed by atoms with van der Waals surface area (Å²) in [5, 5.41) is 13.0. The molecule has 0 spiro atoms. The van der Waals surface area contributed by atoms with Gasteiger partial charge in [0.05, 0.1) is 45.8 Å². The highest BCUT2D eigenvalue weighted by molar-refractivity contribution is 6.00. The number of hydrogen-bond acceptors (Lipinski definition) is 5. The predicted molar refractivity (Wildman–Crippen MR) is 283 cm³/mol. The number of aromatic amines is 2. The molecule has 0 unspecified atom stereocenters. The van der Waals surface area contributed by atoms with E-state index in [1.54, 1.807) is 0 Å². The van der Waals surface area contributed by atoms with E-state index in [2.05, 4.69) is 170 Å². The maximum absolute atomic E-state index is 13.6. The largest absolute Gasteiger partial charge is 0.481 e. The number of unbranched alkanes of at least 4 members (excludes halogenated alkanes) is 1. The number of aryl methyl sites for hydroxylation is 5. The van der Waals surface area contributed by atoms with Gasteiger partial charge in [-0.3, -0.25) is 9.59 Å². The number of amides is 1. The van der Waals surface area contributed by atoms with Crippen molar-refractivity contribution in [1.29, 1.82) is 0 Å². The Labute approximate surface area is 410 Å². The third-order valence-electron chi connectivity index (χ3n) is 14.5. The first kappa shape index (κ1) is 47.5. The van der Waals surface area contributed by atoms with Gasteiger partial charge in [-0.15, -0.1) is 0 Å². The van der Waals surface area contributed by atoms with Gasteiger partial charge in [0.25, 0.3) is 0 Å². The van der Waals surface area contributed by atoms with Crippen LogP contribution in [-0.4, -0.2) is 53.0 Å². The van der Waals surface area contributed by atoms with Gasteiger partial charge in [0.2, 0.25) is 5.91 Å². The van der Waals surface area contributed by atoms with Crippen LogP contribution in [-0.2, 0) is 34.4 Å². The smallest absolute Gasteiger partial charge is 0.303 e. The average Bonchev–Trinajstić information content (AvgIpc) is 4.19. The maximum atomic E-state index is 13.6. The second-order valence-corrected chi connectivity index (χ2v) is 18.6. The van der Waals surface area contributed by atoms with Crippen LogP contribution in [0.2, 0.25) is 0 Å². The quantitative estimate of drug-likeness (QED) is 0.0529. The highest BCUT2D eigenvalue weighted by Gasteiger charge is 2.38. The number of carbonyl (C=O) groups excluding carboxylic acids is 1. The van der Waals surface area contributed by atoms with Crippen molar-refractivity contribution in [3.05, 3.63) is 195 Å². The number of nitrogens with one attached hydrogen (secondary N) is 3. The summed E-state index contributed by atoms with van der Waals surface area (Å²) < 4.78 is 2.25. The van der Waals surface area contributed by atoms with Crippen LogP contribution in [0.1, 0.15) is 134 Å². The second-order valence-electron chi connectivity index (χ2n) is 18.6. The zero-order chi connectivity index (χ0) is 48.9. The number of nitrogens with zero attached hydrogens (tertiary/aromatic N) is 4. The molecule has 0 aliphatic carbocycles. The normalized spacial score (nSPS) is 12.8. The Morgan fingerprint density at radius 2 is 1.09 bits per heavy atom. The lowest BCUT2D eigenvalue weighted by atomic mass is 9.77. The summed E-state index contributed by atoms with van der Waals surface area (Å²) in [6, 6.07) is 40.1. The molecule has 8 bridgehead atoms. The van der Waals surface area contributed by atoms with Gasteiger partial charge in [0, 0.05) is 36.6 Å². The van der Waals surface area contributed by atoms with E-state index in [-0.39, 0.29) is 18.7 Å². The zero-order valence-corrected chi connectivity index (χ0v) is 41.2. The van der Waals surface area contributed by atoms with Crippen molar-refractivity contribution >= 4 is 56.2 Å². The van der Waals surface area contributed by atoms with Crippen molar-refractivity contribution in [1.82, 2.24) is 34.8 Å². The first-order valence-corrected chi connectivity index (χ1v) is 24.8. The molecule has 0 fully saturated rings. The molecule has 10 nitrogen and oxygen atoms in total. The van der Waals surface area contributed by atoms with E-state index in [0.29, 0.717) is 30.8 Å². The van der Waals surface area contributed by atoms with E-state index >= 15 is 0 Å². The molecular formula is C60H63N7O3. The Kier molecular flexibility index (Phi) is 13.9. The van der Waals surface area contributed by atoms with Crippen molar-refractivity contribution in [2.75, 3.05) is 6.54 Å². The van der Waals surface area contributed by atoms with Crippen LogP contribution in [0, 0.1) is 13.8 Å². The fourth-order valence-corrected chi connectivity index (χ4v) is 10.7. The number of hydrogen-bond donors (Lipinski definition) is 4. The molecular weight excluding hydrogens is 867 g/mol. The summed E-state index contributed by atoms with van der Waals surface area (Å²) in [6.07, 6.45) is 9.32. The fourth-order valence-electron chi connectivity index (χ4n) is 10.7. The lowest BCUT2D eigenvalue weighted by Crippen LogP contribution is -2.36. The molecule has 356 valence electrons. The highest BCUT2D eigenvalue weighted by Crippen LogP contribution is 2.43. The second kappa shape index (κ2) is 20.6. The summed E-state index contributed by atoms with van der Waals surface area (Å²) in [6.45, 7) is 13.4. The number of carboxylic acids is 1. The monoisotopic (exact) mass is 929 g/mol. The van der Waals surface area contributed by atoms with Crippen molar-refractivity contribution in [2.24, 2.45) is 0 Å². The molecule has 0 radical (unpaired) electrons. The Morgan fingerprint density at radius 1 is 0.614 bits per heavy atom. The van der Waals surface area contributed by atoms with Crippen molar-refractivity contribution in [2.45, 2.75) is 105 Å². The SMILES string of the molecule is CCc1c(C)c2[nH]c1ccc1nc(c3nc(ccc4[nH]c2c(C)c4CC)C(C)=C3CCC(=O)NCCCCc2cn(C(c3ccccc3)(c3ccccc3)c3ccccc3)cn2)C(CCC(=O)O)=C1C. The minimum absolute atomic E-state index is 0.0276. The van der Waals surface area contributed by atoms with Crippen LogP contribution in [0.5, 0.6) is 0 Å². The number of carbonyl (C=O) groups is 2. The van der Waals surface area contributed by atoms with Crippen LogP contribution in [0.25, 0.3) is 44.4 Å². The van der Waals surface area contributed by atoms with Crippen LogP contribution in [0.4, 0.5) is 0 Å².